The van der Waals surface area contributed by atoms with Gasteiger partial charge in [0.2, 0.25) is 0 Å². The van der Waals surface area contributed by atoms with Crippen LogP contribution in [0.1, 0.15) is 33.1 Å². The van der Waals surface area contributed by atoms with Crippen LogP contribution in [0.25, 0.3) is 0 Å². The van der Waals surface area contributed by atoms with Gasteiger partial charge in [-0.3, -0.25) is 0 Å². The fourth-order valence-corrected chi connectivity index (χ4v) is 3.04. The number of rotatable bonds is 6. The molecule has 0 spiro atoms. The molecule has 72 valence electrons. The van der Waals surface area contributed by atoms with Gasteiger partial charge in [-0.25, -0.2) is 0 Å². The van der Waals surface area contributed by atoms with E-state index in [1.165, 1.54) is 6.42 Å². The van der Waals surface area contributed by atoms with Crippen molar-refractivity contribution >= 4 is 28.9 Å². The first-order valence-corrected chi connectivity index (χ1v) is 8.80. The number of hydrogen-bond acceptors (Lipinski definition) is 0. The highest BCUT2D eigenvalue weighted by Crippen LogP contribution is 2.34. The molecule has 0 amide bonds. The average Bonchev–Trinajstić information content (AvgIpc) is 1.98. The van der Waals surface area contributed by atoms with Crippen molar-refractivity contribution in [2.24, 2.45) is 0 Å². The summed E-state index contributed by atoms with van der Waals surface area (Å²) in [6, 6.07) is 1.02. The van der Waals surface area contributed by atoms with Crippen molar-refractivity contribution in [1.29, 1.82) is 0 Å². The second-order valence-corrected chi connectivity index (χ2v) is 11.3. The Morgan fingerprint density at radius 1 is 1.33 bits per heavy atom. The molecule has 0 aliphatic rings. The molecule has 0 aliphatic carbocycles. The topological polar surface area (TPSA) is 0 Å². The molecule has 3 heteroatoms. The predicted octanol–water partition coefficient (Wildman–Crippen LogP) is 4.67. The van der Waals surface area contributed by atoms with Crippen molar-refractivity contribution in [3.63, 3.8) is 0 Å². The molecule has 0 nitrogen and oxygen atoms in total. The first kappa shape index (κ1) is 12.5. The van der Waals surface area contributed by atoms with E-state index in [0.717, 1.165) is 18.9 Å². The molecule has 0 fully saturated rings. The zero-order valence-corrected chi connectivity index (χ0v) is 10.5. The summed E-state index contributed by atoms with van der Waals surface area (Å²) < 4.78 is 0. The first-order valence-electron chi connectivity index (χ1n) is 4.49. The number of allylic oxidation sites excluding steroid dienone is 1. The molecule has 0 aliphatic heterocycles. The zero-order chi connectivity index (χ0) is 9.61. The highest BCUT2D eigenvalue weighted by atomic mass is 35.7. The van der Waals surface area contributed by atoms with E-state index in [-0.39, 0.29) is 0 Å². The minimum Gasteiger partial charge on any atom is -0.146 e. The first-order chi connectivity index (χ1) is 5.50. The molecule has 0 unspecified atom stereocenters. The third-order valence-corrected chi connectivity index (χ3v) is 8.48. The number of hydrogen-bond donors (Lipinski definition) is 0. The van der Waals surface area contributed by atoms with E-state index in [9.17, 15) is 0 Å². The van der Waals surface area contributed by atoms with Crippen molar-refractivity contribution in [2.75, 3.05) is 0 Å². The maximum absolute atomic E-state index is 6.23. The van der Waals surface area contributed by atoms with Crippen LogP contribution in [0.3, 0.4) is 0 Å². The maximum atomic E-state index is 6.23. The Morgan fingerprint density at radius 2 is 1.92 bits per heavy atom. The largest absolute Gasteiger partial charge is 0.253 e. The van der Waals surface area contributed by atoms with Crippen LogP contribution >= 0.6 is 22.2 Å². The molecule has 0 aromatic rings. The zero-order valence-electron chi connectivity index (χ0n) is 7.95. The Labute approximate surface area is 86.4 Å². The number of halogens is 2. The second kappa shape index (κ2) is 6.06. The Balaban J connectivity index is 3.54. The lowest BCUT2D eigenvalue weighted by molar-refractivity contribution is 0.802. The van der Waals surface area contributed by atoms with Crippen molar-refractivity contribution in [1.82, 2.24) is 0 Å². The molecule has 0 aromatic carbocycles. The minimum absolute atomic E-state index is 0.463. The molecule has 0 radical (unpaired) electrons. The molecular formula is C9H18Cl2Si. The van der Waals surface area contributed by atoms with E-state index < -0.39 is 6.69 Å². The second-order valence-electron chi connectivity index (χ2n) is 3.45. The minimum atomic E-state index is -1.92. The molecule has 0 N–H and O–H groups in total. The van der Waals surface area contributed by atoms with Gasteiger partial charge in [0, 0.05) is 0 Å². The van der Waals surface area contributed by atoms with Gasteiger partial charge in [0.25, 0.3) is 6.69 Å². The van der Waals surface area contributed by atoms with Gasteiger partial charge in [0.05, 0.1) is 0 Å². The van der Waals surface area contributed by atoms with Crippen molar-refractivity contribution in [3.05, 3.63) is 12.7 Å². The predicted molar refractivity (Wildman–Crippen MR) is 61.4 cm³/mol. The molecule has 0 bridgehead atoms. The fourth-order valence-electron chi connectivity index (χ4n) is 0.938. The van der Waals surface area contributed by atoms with Gasteiger partial charge in [-0.1, -0.05) is 32.8 Å². The summed E-state index contributed by atoms with van der Waals surface area (Å²) in [7, 11) is 0. The van der Waals surface area contributed by atoms with E-state index in [2.05, 4.69) is 20.4 Å². The quantitative estimate of drug-likeness (QED) is 0.266. The van der Waals surface area contributed by atoms with Gasteiger partial charge in [-0.2, -0.15) is 0 Å². The summed E-state index contributed by atoms with van der Waals surface area (Å²) in [4.78, 5) is 0. The summed E-state index contributed by atoms with van der Waals surface area (Å²) in [5.74, 6) is 0. The summed E-state index contributed by atoms with van der Waals surface area (Å²) in [5.41, 5.74) is 0.463. The Bertz CT molecular complexity index is 132. The molecular weight excluding hydrogens is 207 g/mol. The third kappa shape index (κ3) is 5.23. The van der Waals surface area contributed by atoms with Crippen molar-refractivity contribution < 1.29 is 0 Å². The van der Waals surface area contributed by atoms with E-state index in [0.29, 0.717) is 5.54 Å². The van der Waals surface area contributed by atoms with Crippen LogP contribution in [0.2, 0.25) is 11.6 Å². The lowest BCUT2D eigenvalue weighted by atomic mass is 10.2. The highest BCUT2D eigenvalue weighted by Gasteiger charge is 2.31. The third-order valence-electron chi connectivity index (χ3n) is 2.01. The summed E-state index contributed by atoms with van der Waals surface area (Å²) in [6.45, 7) is 5.98. The van der Waals surface area contributed by atoms with E-state index in [1.807, 2.05) is 6.08 Å². The van der Waals surface area contributed by atoms with Crippen LogP contribution in [0.4, 0.5) is 0 Å². The SMILES string of the molecule is C=CCCCC[Si](Cl)(Cl)C(C)C. The van der Waals surface area contributed by atoms with Crippen LogP contribution in [-0.2, 0) is 0 Å². The Hall–Kier alpha value is 0.537. The molecule has 0 aromatic heterocycles. The lowest BCUT2D eigenvalue weighted by Crippen LogP contribution is -2.22. The van der Waals surface area contributed by atoms with Crippen molar-refractivity contribution in [2.45, 2.75) is 44.7 Å². The van der Waals surface area contributed by atoms with E-state index >= 15 is 0 Å². The normalized spacial score (nSPS) is 12.1. The average molecular weight is 225 g/mol. The van der Waals surface area contributed by atoms with E-state index in [4.69, 9.17) is 22.2 Å². The van der Waals surface area contributed by atoms with E-state index in [1.54, 1.807) is 0 Å². The van der Waals surface area contributed by atoms with Crippen LogP contribution in [-0.4, -0.2) is 6.69 Å². The van der Waals surface area contributed by atoms with Crippen LogP contribution in [0.15, 0.2) is 12.7 Å². The van der Waals surface area contributed by atoms with Gasteiger partial charge in [-0.05, 0) is 18.0 Å². The standard InChI is InChI=1S/C9H18Cl2Si/c1-4-5-6-7-8-12(10,11)9(2)3/h4,9H,1,5-8H2,2-3H3. The van der Waals surface area contributed by atoms with Gasteiger partial charge >= 0.3 is 0 Å². The Morgan fingerprint density at radius 3 is 2.33 bits per heavy atom. The summed E-state index contributed by atoms with van der Waals surface area (Å²) in [5, 5.41) is 0. The van der Waals surface area contributed by atoms with Gasteiger partial charge < -0.3 is 0 Å². The molecule has 0 atom stereocenters. The van der Waals surface area contributed by atoms with Gasteiger partial charge in [0.15, 0.2) is 0 Å². The smallest absolute Gasteiger partial charge is 0.146 e. The highest BCUT2D eigenvalue weighted by molar-refractivity contribution is 7.45. The van der Waals surface area contributed by atoms with Crippen molar-refractivity contribution in [3.8, 4) is 0 Å². The Kier molecular flexibility index (Phi) is 6.33. The lowest BCUT2D eigenvalue weighted by Gasteiger charge is -2.20. The molecule has 0 rings (SSSR count). The summed E-state index contributed by atoms with van der Waals surface area (Å²) >= 11 is 12.5. The molecule has 0 saturated carbocycles. The monoisotopic (exact) mass is 224 g/mol. The summed E-state index contributed by atoms with van der Waals surface area (Å²) in [6.07, 6.45) is 5.34. The van der Waals surface area contributed by atoms with Gasteiger partial charge in [0.1, 0.15) is 0 Å². The van der Waals surface area contributed by atoms with Crippen LogP contribution < -0.4 is 0 Å². The number of unbranched alkanes of at least 4 members (excludes halogenated alkanes) is 2. The molecule has 0 heterocycles. The van der Waals surface area contributed by atoms with Crippen LogP contribution in [0.5, 0.6) is 0 Å². The van der Waals surface area contributed by atoms with Gasteiger partial charge in [-0.15, -0.1) is 28.7 Å². The maximum Gasteiger partial charge on any atom is 0.253 e. The fraction of sp³-hybridized carbons (Fsp3) is 0.778. The van der Waals surface area contributed by atoms with Crippen LogP contribution in [0, 0.1) is 0 Å². The molecule has 12 heavy (non-hydrogen) atoms. The molecule has 0 saturated heterocycles.